The second kappa shape index (κ2) is 6.17. The maximum atomic E-state index is 13.1. The van der Waals surface area contributed by atoms with E-state index in [2.05, 4.69) is 0 Å². The Labute approximate surface area is 175 Å². The number of carbonyl (C=O) groups is 3. The van der Waals surface area contributed by atoms with Gasteiger partial charge in [-0.3, -0.25) is 0 Å². The van der Waals surface area contributed by atoms with Crippen molar-refractivity contribution in [3.05, 3.63) is 64.3 Å². The SMILES string of the molecule is CC1(C)C=C(C2=C(C3=C(c4ccccc4)C(=O)OC3(C)C)C(=O)OC2(C)C)C(=O)O1. The van der Waals surface area contributed by atoms with Crippen molar-refractivity contribution in [2.45, 2.75) is 58.3 Å². The van der Waals surface area contributed by atoms with Gasteiger partial charge in [-0.1, -0.05) is 30.3 Å². The van der Waals surface area contributed by atoms with Crippen LogP contribution in [0.5, 0.6) is 0 Å². The van der Waals surface area contributed by atoms with Gasteiger partial charge in [0, 0.05) is 11.1 Å². The number of esters is 3. The van der Waals surface area contributed by atoms with Gasteiger partial charge in [-0.25, -0.2) is 14.4 Å². The Hall–Kier alpha value is -3.15. The van der Waals surface area contributed by atoms with Crippen molar-refractivity contribution in [1.29, 1.82) is 0 Å². The van der Waals surface area contributed by atoms with Crippen molar-refractivity contribution in [2.24, 2.45) is 0 Å². The van der Waals surface area contributed by atoms with E-state index in [1.807, 2.05) is 18.2 Å². The van der Waals surface area contributed by atoms with Crippen molar-refractivity contribution >= 4 is 23.5 Å². The van der Waals surface area contributed by atoms with Crippen LogP contribution in [0.15, 0.2) is 58.7 Å². The zero-order valence-corrected chi connectivity index (χ0v) is 17.9. The molecule has 0 N–H and O–H groups in total. The maximum Gasteiger partial charge on any atom is 0.340 e. The Morgan fingerprint density at radius 1 is 0.633 bits per heavy atom. The lowest BCUT2D eigenvalue weighted by Crippen LogP contribution is -2.27. The summed E-state index contributed by atoms with van der Waals surface area (Å²) in [5.74, 6) is -1.64. The summed E-state index contributed by atoms with van der Waals surface area (Å²) in [6.07, 6.45) is 1.70. The number of hydrogen-bond acceptors (Lipinski definition) is 6. The predicted octanol–water partition coefficient (Wildman–Crippen LogP) is 3.67. The Bertz CT molecular complexity index is 1080. The molecule has 3 aliphatic rings. The van der Waals surface area contributed by atoms with Gasteiger partial charge in [0.15, 0.2) is 0 Å². The standard InChI is InChI=1S/C24H24O6/c1-22(2)12-14(19(25)28-22)17-16(21(27)30-23(17,3)4)18-15(13-10-8-7-9-11-13)20(26)29-24(18,5)6/h7-12H,1-6H3. The highest BCUT2D eigenvalue weighted by Crippen LogP contribution is 2.50. The van der Waals surface area contributed by atoms with Gasteiger partial charge < -0.3 is 14.2 Å². The summed E-state index contributed by atoms with van der Waals surface area (Å²) < 4.78 is 16.8. The molecule has 0 saturated heterocycles. The molecule has 156 valence electrons. The molecule has 0 fully saturated rings. The van der Waals surface area contributed by atoms with Crippen molar-refractivity contribution < 1.29 is 28.6 Å². The van der Waals surface area contributed by atoms with E-state index in [4.69, 9.17) is 14.2 Å². The van der Waals surface area contributed by atoms with Gasteiger partial charge in [0.05, 0.1) is 16.7 Å². The van der Waals surface area contributed by atoms with Crippen LogP contribution in [0.4, 0.5) is 0 Å². The van der Waals surface area contributed by atoms with Crippen LogP contribution in [0, 0.1) is 0 Å². The van der Waals surface area contributed by atoms with Crippen LogP contribution in [0.25, 0.3) is 5.57 Å². The Morgan fingerprint density at radius 2 is 1.17 bits per heavy atom. The number of benzene rings is 1. The topological polar surface area (TPSA) is 78.9 Å². The van der Waals surface area contributed by atoms with E-state index >= 15 is 0 Å². The molecule has 0 spiro atoms. The molecule has 3 aliphatic heterocycles. The molecule has 0 aliphatic carbocycles. The minimum absolute atomic E-state index is 0.190. The summed E-state index contributed by atoms with van der Waals surface area (Å²) in [4.78, 5) is 38.7. The number of ether oxygens (including phenoxy) is 3. The number of cyclic esters (lactones) is 3. The van der Waals surface area contributed by atoms with Gasteiger partial charge in [0.2, 0.25) is 0 Å². The average Bonchev–Trinajstić information content (AvgIpc) is 3.11. The zero-order valence-electron chi connectivity index (χ0n) is 17.9. The third-order valence-corrected chi connectivity index (χ3v) is 5.46. The van der Waals surface area contributed by atoms with E-state index in [1.165, 1.54) is 0 Å². The molecule has 4 rings (SSSR count). The monoisotopic (exact) mass is 408 g/mol. The molecule has 6 heteroatoms. The van der Waals surface area contributed by atoms with Gasteiger partial charge in [-0.2, -0.15) is 0 Å². The lowest BCUT2D eigenvalue weighted by atomic mass is 9.80. The third-order valence-electron chi connectivity index (χ3n) is 5.46. The zero-order chi connectivity index (χ0) is 22.1. The Morgan fingerprint density at radius 3 is 1.70 bits per heavy atom. The average molecular weight is 408 g/mol. The minimum Gasteiger partial charge on any atom is -0.452 e. The molecule has 1 aromatic rings. The van der Waals surface area contributed by atoms with Crippen LogP contribution in [0.3, 0.4) is 0 Å². The summed E-state index contributed by atoms with van der Waals surface area (Å²) in [5.41, 5.74) is -0.725. The highest BCUT2D eigenvalue weighted by Gasteiger charge is 2.53. The van der Waals surface area contributed by atoms with Crippen LogP contribution in [-0.2, 0) is 28.6 Å². The van der Waals surface area contributed by atoms with Gasteiger partial charge in [0.1, 0.15) is 16.8 Å². The van der Waals surface area contributed by atoms with Gasteiger partial charge in [-0.05, 0) is 53.2 Å². The fourth-order valence-corrected chi connectivity index (χ4v) is 4.36. The molecule has 30 heavy (non-hydrogen) atoms. The molecular formula is C24H24O6. The van der Waals surface area contributed by atoms with Gasteiger partial charge in [-0.15, -0.1) is 0 Å². The van der Waals surface area contributed by atoms with Crippen LogP contribution >= 0.6 is 0 Å². The van der Waals surface area contributed by atoms with E-state index in [0.29, 0.717) is 22.3 Å². The lowest BCUT2D eigenvalue weighted by molar-refractivity contribution is -0.147. The van der Waals surface area contributed by atoms with Gasteiger partial charge >= 0.3 is 17.9 Å². The molecule has 0 amide bonds. The number of carbonyl (C=O) groups excluding carboxylic acids is 3. The van der Waals surface area contributed by atoms with Crippen LogP contribution in [0.1, 0.15) is 47.1 Å². The normalized spacial score (nSPS) is 24.1. The maximum absolute atomic E-state index is 13.1. The summed E-state index contributed by atoms with van der Waals surface area (Å²) in [6, 6.07) is 9.04. The smallest absolute Gasteiger partial charge is 0.340 e. The third kappa shape index (κ3) is 2.98. The molecule has 1 aromatic carbocycles. The number of rotatable bonds is 3. The van der Waals surface area contributed by atoms with E-state index < -0.39 is 34.7 Å². The largest absolute Gasteiger partial charge is 0.452 e. The molecule has 0 unspecified atom stereocenters. The summed E-state index contributed by atoms with van der Waals surface area (Å²) >= 11 is 0. The first-order valence-electron chi connectivity index (χ1n) is 9.83. The lowest BCUT2D eigenvalue weighted by Gasteiger charge is -2.23. The first kappa shape index (κ1) is 20.1. The van der Waals surface area contributed by atoms with Crippen LogP contribution in [0.2, 0.25) is 0 Å². The van der Waals surface area contributed by atoms with Crippen LogP contribution in [-0.4, -0.2) is 34.7 Å². The van der Waals surface area contributed by atoms with Crippen LogP contribution < -0.4 is 0 Å². The van der Waals surface area contributed by atoms with Crippen molar-refractivity contribution in [3.8, 4) is 0 Å². The van der Waals surface area contributed by atoms with Crippen molar-refractivity contribution in [1.82, 2.24) is 0 Å². The highest BCUT2D eigenvalue weighted by molar-refractivity contribution is 6.23. The molecule has 0 bridgehead atoms. The quantitative estimate of drug-likeness (QED) is 0.561. The molecule has 0 atom stereocenters. The summed E-state index contributed by atoms with van der Waals surface area (Å²) in [7, 11) is 0. The second-order valence-electron chi connectivity index (χ2n) is 9.22. The van der Waals surface area contributed by atoms with E-state index in [-0.39, 0.29) is 11.1 Å². The second-order valence-corrected chi connectivity index (χ2v) is 9.22. The van der Waals surface area contributed by atoms with Gasteiger partial charge in [0.25, 0.3) is 0 Å². The molecular weight excluding hydrogens is 384 g/mol. The number of hydrogen-bond donors (Lipinski definition) is 0. The minimum atomic E-state index is -1.08. The van der Waals surface area contributed by atoms with E-state index in [9.17, 15) is 14.4 Å². The Kier molecular flexibility index (Phi) is 4.14. The summed E-state index contributed by atoms with van der Waals surface area (Å²) in [6.45, 7) is 10.4. The molecule has 0 radical (unpaired) electrons. The predicted molar refractivity (Wildman–Crippen MR) is 109 cm³/mol. The molecule has 0 aromatic heterocycles. The fraction of sp³-hybridized carbons (Fsp3) is 0.375. The first-order chi connectivity index (χ1) is 13.8. The highest BCUT2D eigenvalue weighted by atomic mass is 16.6. The fourth-order valence-electron chi connectivity index (χ4n) is 4.36. The van der Waals surface area contributed by atoms with E-state index in [1.54, 1.807) is 59.8 Å². The van der Waals surface area contributed by atoms with Crippen molar-refractivity contribution in [2.75, 3.05) is 0 Å². The van der Waals surface area contributed by atoms with Crippen molar-refractivity contribution in [3.63, 3.8) is 0 Å². The molecule has 0 saturated carbocycles. The Balaban J connectivity index is 2.08. The molecule has 3 heterocycles. The van der Waals surface area contributed by atoms with E-state index in [0.717, 1.165) is 0 Å². The summed E-state index contributed by atoms with van der Waals surface area (Å²) in [5, 5.41) is 0. The first-order valence-corrected chi connectivity index (χ1v) is 9.83. The molecule has 6 nitrogen and oxygen atoms in total.